The van der Waals surface area contributed by atoms with Crippen molar-refractivity contribution in [3.05, 3.63) is 48.0 Å². The van der Waals surface area contributed by atoms with Gasteiger partial charge in [0.25, 0.3) is 0 Å². The van der Waals surface area contributed by atoms with Crippen molar-refractivity contribution in [2.75, 3.05) is 6.54 Å². The molecule has 17 heavy (non-hydrogen) atoms. The standard InChI is InChI=1S/C16H25N/c1-5-7-8-16(17-6-2)15-11-9-14(10-12-15)13(3)4/h5,9-13,16-17H,1,6-8H2,2-4H3. The molecule has 0 amide bonds. The molecule has 0 heterocycles. The minimum Gasteiger partial charge on any atom is -0.310 e. The number of benzene rings is 1. The van der Waals surface area contributed by atoms with Gasteiger partial charge in [-0.1, -0.05) is 51.1 Å². The molecule has 1 unspecified atom stereocenters. The Morgan fingerprint density at radius 1 is 1.18 bits per heavy atom. The predicted molar refractivity (Wildman–Crippen MR) is 76.4 cm³/mol. The van der Waals surface area contributed by atoms with Crippen molar-refractivity contribution >= 4 is 0 Å². The summed E-state index contributed by atoms with van der Waals surface area (Å²) >= 11 is 0. The quantitative estimate of drug-likeness (QED) is 0.685. The molecule has 0 aliphatic heterocycles. The SMILES string of the molecule is C=CCCC(NCC)c1ccc(C(C)C)cc1. The second-order valence-corrected chi connectivity index (χ2v) is 4.80. The lowest BCUT2D eigenvalue weighted by Crippen LogP contribution is -2.20. The molecule has 1 heteroatoms. The number of rotatable bonds is 7. The predicted octanol–water partition coefficient (Wildman–Crippen LogP) is 4.43. The molecule has 1 rings (SSSR count). The molecule has 0 radical (unpaired) electrons. The number of nitrogens with one attached hydrogen (secondary N) is 1. The maximum atomic E-state index is 3.80. The molecule has 94 valence electrons. The maximum absolute atomic E-state index is 3.80. The van der Waals surface area contributed by atoms with Gasteiger partial charge in [-0.05, 0) is 36.4 Å². The molecular formula is C16H25N. The van der Waals surface area contributed by atoms with Gasteiger partial charge >= 0.3 is 0 Å². The van der Waals surface area contributed by atoms with E-state index in [1.54, 1.807) is 0 Å². The summed E-state index contributed by atoms with van der Waals surface area (Å²) in [5.41, 5.74) is 2.80. The summed E-state index contributed by atoms with van der Waals surface area (Å²) in [7, 11) is 0. The third-order valence-corrected chi connectivity index (χ3v) is 3.12. The molecule has 0 bridgehead atoms. The van der Waals surface area contributed by atoms with Crippen LogP contribution in [0.25, 0.3) is 0 Å². The Hall–Kier alpha value is -1.08. The van der Waals surface area contributed by atoms with Crippen LogP contribution in [0.5, 0.6) is 0 Å². The fourth-order valence-corrected chi connectivity index (χ4v) is 2.03. The van der Waals surface area contributed by atoms with Gasteiger partial charge in [-0.2, -0.15) is 0 Å². The van der Waals surface area contributed by atoms with E-state index in [4.69, 9.17) is 0 Å². The van der Waals surface area contributed by atoms with Gasteiger partial charge in [-0.3, -0.25) is 0 Å². The van der Waals surface area contributed by atoms with Crippen LogP contribution in [0.3, 0.4) is 0 Å². The molecule has 1 aromatic carbocycles. The molecule has 1 nitrogen and oxygen atoms in total. The lowest BCUT2D eigenvalue weighted by Gasteiger charge is -2.18. The molecule has 1 aromatic rings. The highest BCUT2D eigenvalue weighted by molar-refractivity contribution is 5.26. The minimum absolute atomic E-state index is 0.458. The van der Waals surface area contributed by atoms with Crippen molar-refractivity contribution in [1.29, 1.82) is 0 Å². The summed E-state index contributed by atoms with van der Waals surface area (Å²) < 4.78 is 0. The Kier molecular flexibility index (Phi) is 5.99. The summed E-state index contributed by atoms with van der Waals surface area (Å²) in [5.74, 6) is 0.606. The molecule has 0 aliphatic carbocycles. The van der Waals surface area contributed by atoms with Crippen LogP contribution in [0.1, 0.15) is 56.7 Å². The zero-order chi connectivity index (χ0) is 12.7. The van der Waals surface area contributed by atoms with E-state index in [1.165, 1.54) is 11.1 Å². The highest BCUT2D eigenvalue weighted by Crippen LogP contribution is 2.21. The van der Waals surface area contributed by atoms with Crippen molar-refractivity contribution in [2.24, 2.45) is 0 Å². The van der Waals surface area contributed by atoms with Crippen LogP contribution >= 0.6 is 0 Å². The number of allylic oxidation sites excluding steroid dienone is 1. The van der Waals surface area contributed by atoms with Crippen LogP contribution in [-0.4, -0.2) is 6.54 Å². The Bertz CT molecular complexity index is 324. The summed E-state index contributed by atoms with van der Waals surface area (Å²) in [4.78, 5) is 0. The summed E-state index contributed by atoms with van der Waals surface area (Å²) in [5, 5.41) is 3.53. The fourth-order valence-electron chi connectivity index (χ4n) is 2.03. The van der Waals surface area contributed by atoms with Crippen LogP contribution in [0.2, 0.25) is 0 Å². The van der Waals surface area contributed by atoms with Crippen LogP contribution in [0.4, 0.5) is 0 Å². The van der Waals surface area contributed by atoms with Gasteiger partial charge in [-0.25, -0.2) is 0 Å². The first-order valence-corrected chi connectivity index (χ1v) is 6.63. The first-order valence-electron chi connectivity index (χ1n) is 6.63. The maximum Gasteiger partial charge on any atom is 0.0323 e. The van der Waals surface area contributed by atoms with E-state index in [-0.39, 0.29) is 0 Å². The van der Waals surface area contributed by atoms with Crippen LogP contribution in [0.15, 0.2) is 36.9 Å². The van der Waals surface area contributed by atoms with E-state index in [2.05, 4.69) is 56.9 Å². The van der Waals surface area contributed by atoms with Gasteiger partial charge in [0.2, 0.25) is 0 Å². The number of hydrogen-bond donors (Lipinski definition) is 1. The Morgan fingerprint density at radius 3 is 2.24 bits per heavy atom. The van der Waals surface area contributed by atoms with Crippen LogP contribution in [-0.2, 0) is 0 Å². The second-order valence-electron chi connectivity index (χ2n) is 4.80. The molecule has 0 saturated heterocycles. The normalized spacial score (nSPS) is 12.7. The average molecular weight is 231 g/mol. The zero-order valence-corrected chi connectivity index (χ0v) is 11.4. The minimum atomic E-state index is 0.458. The Morgan fingerprint density at radius 2 is 1.76 bits per heavy atom. The molecule has 1 N–H and O–H groups in total. The second kappa shape index (κ2) is 7.29. The van der Waals surface area contributed by atoms with E-state index in [1.807, 2.05) is 6.08 Å². The Balaban J connectivity index is 2.75. The Labute approximate surface area is 106 Å². The largest absolute Gasteiger partial charge is 0.310 e. The van der Waals surface area contributed by atoms with Gasteiger partial charge in [0.15, 0.2) is 0 Å². The van der Waals surface area contributed by atoms with E-state index in [0.717, 1.165) is 19.4 Å². The van der Waals surface area contributed by atoms with Crippen molar-refractivity contribution in [1.82, 2.24) is 5.32 Å². The third-order valence-electron chi connectivity index (χ3n) is 3.12. The van der Waals surface area contributed by atoms with Crippen molar-refractivity contribution in [3.63, 3.8) is 0 Å². The lowest BCUT2D eigenvalue weighted by molar-refractivity contribution is 0.519. The third kappa shape index (κ3) is 4.35. The summed E-state index contributed by atoms with van der Waals surface area (Å²) in [6, 6.07) is 9.47. The number of hydrogen-bond acceptors (Lipinski definition) is 1. The molecule has 0 saturated carbocycles. The van der Waals surface area contributed by atoms with Gasteiger partial charge in [0, 0.05) is 6.04 Å². The molecule has 0 aromatic heterocycles. The van der Waals surface area contributed by atoms with Gasteiger partial charge < -0.3 is 5.32 Å². The topological polar surface area (TPSA) is 12.0 Å². The smallest absolute Gasteiger partial charge is 0.0323 e. The molecular weight excluding hydrogens is 206 g/mol. The van der Waals surface area contributed by atoms with Gasteiger partial charge in [-0.15, -0.1) is 6.58 Å². The van der Waals surface area contributed by atoms with Gasteiger partial charge in [0.05, 0.1) is 0 Å². The highest BCUT2D eigenvalue weighted by atomic mass is 14.9. The zero-order valence-electron chi connectivity index (χ0n) is 11.4. The lowest BCUT2D eigenvalue weighted by atomic mass is 9.97. The average Bonchev–Trinajstić information content (AvgIpc) is 2.34. The van der Waals surface area contributed by atoms with Gasteiger partial charge in [0.1, 0.15) is 0 Å². The monoisotopic (exact) mass is 231 g/mol. The first kappa shape index (κ1) is 14.0. The molecule has 0 fully saturated rings. The summed E-state index contributed by atoms with van der Waals surface area (Å²) in [6.07, 6.45) is 4.18. The highest BCUT2D eigenvalue weighted by Gasteiger charge is 2.09. The van der Waals surface area contributed by atoms with Crippen molar-refractivity contribution < 1.29 is 0 Å². The van der Waals surface area contributed by atoms with E-state index in [0.29, 0.717) is 12.0 Å². The fraction of sp³-hybridized carbons (Fsp3) is 0.500. The van der Waals surface area contributed by atoms with Crippen molar-refractivity contribution in [3.8, 4) is 0 Å². The van der Waals surface area contributed by atoms with Crippen LogP contribution in [0, 0.1) is 0 Å². The molecule has 0 aliphatic rings. The van der Waals surface area contributed by atoms with E-state index in [9.17, 15) is 0 Å². The van der Waals surface area contributed by atoms with Crippen molar-refractivity contribution in [2.45, 2.75) is 45.6 Å². The van der Waals surface area contributed by atoms with Crippen LogP contribution < -0.4 is 5.32 Å². The van der Waals surface area contributed by atoms with E-state index < -0.39 is 0 Å². The molecule has 0 spiro atoms. The molecule has 1 atom stereocenters. The van der Waals surface area contributed by atoms with E-state index >= 15 is 0 Å². The first-order chi connectivity index (χ1) is 8.19. The summed E-state index contributed by atoms with van der Waals surface area (Å²) in [6.45, 7) is 11.4.